The van der Waals surface area contributed by atoms with E-state index in [9.17, 15) is 9.90 Å². The van der Waals surface area contributed by atoms with E-state index in [1.54, 1.807) is 0 Å². The second-order valence-electron chi connectivity index (χ2n) is 5.35. The van der Waals surface area contributed by atoms with Crippen molar-refractivity contribution in [1.29, 1.82) is 0 Å². The molecule has 3 atom stereocenters. The predicted molar refractivity (Wildman–Crippen MR) is 70.6 cm³/mol. The van der Waals surface area contributed by atoms with Crippen LogP contribution in [0.5, 0.6) is 0 Å². The Balaban J connectivity index is 1.64. The monoisotopic (exact) mass is 261 g/mol. The van der Waals surface area contributed by atoms with Crippen LogP contribution in [0.3, 0.4) is 0 Å². The first kappa shape index (κ1) is 12.6. The topological polar surface area (TPSA) is 58.6 Å². The van der Waals surface area contributed by atoms with Gasteiger partial charge >= 0.3 is 0 Å². The minimum Gasteiger partial charge on any atom is -0.390 e. The highest BCUT2D eigenvalue weighted by atomic mass is 16.5. The molecule has 2 aliphatic rings. The van der Waals surface area contributed by atoms with Gasteiger partial charge in [0.15, 0.2) is 0 Å². The van der Waals surface area contributed by atoms with Crippen LogP contribution in [-0.2, 0) is 16.0 Å². The minimum atomic E-state index is -0.522. The average molecular weight is 261 g/mol. The summed E-state index contributed by atoms with van der Waals surface area (Å²) in [7, 11) is 0. The maximum Gasteiger partial charge on any atom is 0.223 e. The third-order valence-electron chi connectivity index (χ3n) is 3.96. The summed E-state index contributed by atoms with van der Waals surface area (Å²) < 4.78 is 5.46. The largest absolute Gasteiger partial charge is 0.390 e. The third-order valence-corrected chi connectivity index (χ3v) is 3.96. The van der Waals surface area contributed by atoms with Crippen LogP contribution in [0.2, 0.25) is 0 Å². The minimum absolute atomic E-state index is 0.0346. The zero-order valence-electron chi connectivity index (χ0n) is 10.8. The summed E-state index contributed by atoms with van der Waals surface area (Å²) in [5.74, 6) is -0.0346. The van der Waals surface area contributed by atoms with E-state index in [1.165, 1.54) is 0 Å². The normalized spacial score (nSPS) is 29.2. The van der Waals surface area contributed by atoms with Gasteiger partial charge in [-0.15, -0.1) is 0 Å². The number of benzene rings is 1. The van der Waals surface area contributed by atoms with Gasteiger partial charge in [0.1, 0.15) is 0 Å². The molecule has 2 N–H and O–H groups in total. The van der Waals surface area contributed by atoms with Gasteiger partial charge in [-0.3, -0.25) is 4.79 Å². The molecule has 1 aromatic rings. The van der Waals surface area contributed by atoms with Gasteiger partial charge in [-0.1, -0.05) is 24.3 Å². The number of rotatable bonds is 3. The van der Waals surface area contributed by atoms with Gasteiger partial charge < -0.3 is 15.2 Å². The molecule has 1 unspecified atom stereocenters. The van der Waals surface area contributed by atoms with Crippen molar-refractivity contribution in [2.75, 3.05) is 6.61 Å². The maximum absolute atomic E-state index is 12.0. The Kier molecular flexibility index (Phi) is 3.53. The maximum atomic E-state index is 12.0. The zero-order valence-corrected chi connectivity index (χ0v) is 10.8. The van der Waals surface area contributed by atoms with Crippen molar-refractivity contribution < 1.29 is 14.6 Å². The Bertz CT molecular complexity index is 468. The van der Waals surface area contributed by atoms with Gasteiger partial charge in [-0.25, -0.2) is 0 Å². The van der Waals surface area contributed by atoms with E-state index in [-0.39, 0.29) is 18.1 Å². The number of ether oxygens (including phenoxy) is 1. The van der Waals surface area contributed by atoms with Crippen LogP contribution in [0.1, 0.15) is 36.4 Å². The van der Waals surface area contributed by atoms with Gasteiger partial charge in [0.05, 0.1) is 24.7 Å². The molecule has 3 rings (SSSR count). The first-order valence-electron chi connectivity index (χ1n) is 6.91. The summed E-state index contributed by atoms with van der Waals surface area (Å²) in [5, 5.41) is 13.0. The molecule has 0 bridgehead atoms. The lowest BCUT2D eigenvalue weighted by Crippen LogP contribution is -2.35. The Labute approximate surface area is 112 Å². The van der Waals surface area contributed by atoms with Crippen molar-refractivity contribution in [1.82, 2.24) is 5.32 Å². The molecule has 4 heteroatoms. The van der Waals surface area contributed by atoms with Crippen LogP contribution < -0.4 is 5.32 Å². The summed E-state index contributed by atoms with van der Waals surface area (Å²) in [6, 6.07) is 7.61. The number of aliphatic hydroxyl groups is 1. The second-order valence-corrected chi connectivity index (χ2v) is 5.35. The fraction of sp³-hybridized carbons (Fsp3) is 0.533. The molecule has 0 aromatic heterocycles. The lowest BCUT2D eigenvalue weighted by atomic mass is 10.1. The average Bonchev–Trinajstić information content (AvgIpc) is 2.99. The number of carbonyl (C=O) groups is 1. The van der Waals surface area contributed by atoms with Crippen molar-refractivity contribution in [2.45, 2.75) is 43.9 Å². The molecule has 102 valence electrons. The van der Waals surface area contributed by atoms with Crippen LogP contribution in [0.4, 0.5) is 0 Å². The first-order chi connectivity index (χ1) is 9.24. The smallest absolute Gasteiger partial charge is 0.223 e. The van der Waals surface area contributed by atoms with Crippen LogP contribution in [0.15, 0.2) is 24.3 Å². The second kappa shape index (κ2) is 5.31. The zero-order chi connectivity index (χ0) is 13.2. The Morgan fingerprint density at radius 2 is 2.26 bits per heavy atom. The molecule has 1 heterocycles. The summed E-state index contributed by atoms with van der Waals surface area (Å²) in [6.45, 7) is 0.757. The highest BCUT2D eigenvalue weighted by molar-refractivity contribution is 5.77. The highest BCUT2D eigenvalue weighted by Crippen LogP contribution is 2.31. The van der Waals surface area contributed by atoms with Gasteiger partial charge in [-0.2, -0.15) is 0 Å². The van der Waals surface area contributed by atoms with E-state index >= 15 is 0 Å². The molecule has 1 amide bonds. The molecule has 0 saturated carbocycles. The number of hydrogen-bond donors (Lipinski definition) is 2. The number of nitrogens with one attached hydrogen (secondary N) is 1. The summed E-state index contributed by atoms with van der Waals surface area (Å²) in [5.41, 5.74) is 2.16. The molecule has 1 saturated heterocycles. The molecule has 1 aliphatic heterocycles. The quantitative estimate of drug-likeness (QED) is 0.863. The fourth-order valence-electron chi connectivity index (χ4n) is 2.99. The van der Waals surface area contributed by atoms with E-state index in [4.69, 9.17) is 4.74 Å². The molecule has 1 fully saturated rings. The van der Waals surface area contributed by atoms with Crippen LogP contribution in [0, 0.1) is 0 Å². The fourth-order valence-corrected chi connectivity index (χ4v) is 2.99. The van der Waals surface area contributed by atoms with E-state index in [0.717, 1.165) is 30.6 Å². The third kappa shape index (κ3) is 2.65. The van der Waals surface area contributed by atoms with E-state index in [1.807, 2.05) is 24.3 Å². The molecular weight excluding hydrogens is 242 g/mol. The summed E-state index contributed by atoms with van der Waals surface area (Å²) >= 11 is 0. The number of hydrogen-bond acceptors (Lipinski definition) is 3. The lowest BCUT2D eigenvalue weighted by Gasteiger charge is -2.19. The van der Waals surface area contributed by atoms with E-state index in [0.29, 0.717) is 12.8 Å². The van der Waals surface area contributed by atoms with E-state index < -0.39 is 6.10 Å². The molecule has 19 heavy (non-hydrogen) atoms. The lowest BCUT2D eigenvalue weighted by molar-refractivity contribution is -0.124. The first-order valence-corrected chi connectivity index (χ1v) is 6.91. The van der Waals surface area contributed by atoms with Crippen molar-refractivity contribution in [3.8, 4) is 0 Å². The Hall–Kier alpha value is -1.39. The Morgan fingerprint density at radius 3 is 3.05 bits per heavy atom. The Morgan fingerprint density at radius 1 is 1.42 bits per heavy atom. The molecule has 0 radical (unpaired) electrons. The van der Waals surface area contributed by atoms with Gasteiger partial charge in [0.2, 0.25) is 5.91 Å². The number of amides is 1. The number of fused-ring (bicyclic) bond motifs is 1. The van der Waals surface area contributed by atoms with Crippen molar-refractivity contribution in [3.63, 3.8) is 0 Å². The van der Waals surface area contributed by atoms with Gasteiger partial charge in [0.25, 0.3) is 0 Å². The molecule has 1 aromatic carbocycles. The summed E-state index contributed by atoms with van der Waals surface area (Å²) in [6.07, 6.45) is 2.52. The molecule has 4 nitrogen and oxygen atoms in total. The summed E-state index contributed by atoms with van der Waals surface area (Å²) in [4.78, 5) is 12.0. The number of carbonyl (C=O) groups excluding carboxylic acids is 1. The SMILES string of the molecule is O=C(CC1CCCO1)N[C@H]1c2ccccc2C[C@H]1O. The van der Waals surface area contributed by atoms with Crippen molar-refractivity contribution in [2.24, 2.45) is 0 Å². The van der Waals surface area contributed by atoms with Crippen molar-refractivity contribution in [3.05, 3.63) is 35.4 Å². The highest BCUT2D eigenvalue weighted by Gasteiger charge is 2.32. The standard InChI is InChI=1S/C15H19NO3/c17-13-8-10-4-1-2-6-12(10)15(13)16-14(18)9-11-5-3-7-19-11/h1-2,4,6,11,13,15,17H,3,5,7-9H2,(H,16,18)/t11?,13-,15+/m1/s1. The van der Waals surface area contributed by atoms with Gasteiger partial charge in [0, 0.05) is 13.0 Å². The van der Waals surface area contributed by atoms with E-state index in [2.05, 4.69) is 5.32 Å². The van der Waals surface area contributed by atoms with Crippen LogP contribution in [0.25, 0.3) is 0 Å². The molecule has 1 aliphatic carbocycles. The molecule has 0 spiro atoms. The van der Waals surface area contributed by atoms with Gasteiger partial charge in [-0.05, 0) is 24.0 Å². The molecular formula is C15H19NO3. The van der Waals surface area contributed by atoms with Crippen LogP contribution in [-0.4, -0.2) is 29.8 Å². The van der Waals surface area contributed by atoms with Crippen molar-refractivity contribution >= 4 is 5.91 Å². The number of aliphatic hydroxyl groups excluding tert-OH is 1. The van der Waals surface area contributed by atoms with Crippen LogP contribution >= 0.6 is 0 Å². The predicted octanol–water partition coefficient (Wildman–Crippen LogP) is 1.33.